The second-order valence-corrected chi connectivity index (χ2v) is 10.7. The summed E-state index contributed by atoms with van der Waals surface area (Å²) >= 11 is 3.56. The molecule has 6 heteroatoms. The highest BCUT2D eigenvalue weighted by Gasteiger charge is 2.44. The van der Waals surface area contributed by atoms with E-state index in [1.165, 1.54) is 18.2 Å². The first-order chi connectivity index (χ1) is 16.2. The number of imidazole rings is 1. The van der Waals surface area contributed by atoms with Crippen molar-refractivity contribution in [3.8, 4) is 0 Å². The average Bonchev–Trinajstić information content (AvgIpc) is 3.17. The molecule has 0 bridgehead atoms. The molecule has 184 valence electrons. The summed E-state index contributed by atoms with van der Waals surface area (Å²) in [6.07, 6.45) is 3.62. The molecule has 1 aromatic heterocycles. The van der Waals surface area contributed by atoms with Gasteiger partial charge in [0.05, 0.1) is 23.6 Å². The zero-order chi connectivity index (χ0) is 24.9. The van der Waals surface area contributed by atoms with E-state index in [0.717, 1.165) is 65.7 Å². The summed E-state index contributed by atoms with van der Waals surface area (Å²) in [6.45, 7) is 10.4. The minimum absolute atomic E-state index is 0.125. The van der Waals surface area contributed by atoms with Gasteiger partial charge in [0.1, 0.15) is 5.82 Å². The number of H-pyrrole nitrogens is 1. The summed E-state index contributed by atoms with van der Waals surface area (Å²) in [6, 6.07) is 12.4. The number of fused-ring (bicyclic) bond motifs is 1. The molecule has 34 heavy (non-hydrogen) atoms. The summed E-state index contributed by atoms with van der Waals surface area (Å²) in [4.78, 5) is 23.6. The number of methoxy groups -OCH3 is 1. The second kappa shape index (κ2) is 11.5. The molecule has 1 atom stereocenters. The summed E-state index contributed by atoms with van der Waals surface area (Å²) in [7, 11) is 3.64. The molecule has 0 aliphatic heterocycles. The monoisotopic (exact) mass is 527 g/mol. The van der Waals surface area contributed by atoms with Crippen LogP contribution in [0, 0.1) is 19.8 Å². The number of aromatic amines is 1. The molecule has 3 rings (SSSR count). The van der Waals surface area contributed by atoms with E-state index in [1.54, 1.807) is 0 Å². The number of nitrogens with zero attached hydrogens (tertiary/aromatic N) is 2. The number of carbonyl (C=O) groups excluding carboxylic acids is 1. The van der Waals surface area contributed by atoms with Gasteiger partial charge in [-0.1, -0.05) is 41.9 Å². The number of nitrogens with one attached hydrogen (secondary N) is 1. The standard InChI is InChI=1S/C28H38BrN3O2/c1-19(2)28(27(33)34-6,22-10-7-11-23(29)18-22)13-9-15-32(5)14-8-12-26-30-24-16-20(3)21(4)17-25(24)31-26/h7,10-11,16-19H,8-9,12-15H2,1-6H3,(H,30,31). The number of benzene rings is 2. The van der Waals surface area contributed by atoms with Crippen molar-refractivity contribution in [3.05, 3.63) is 63.4 Å². The Morgan fingerprint density at radius 2 is 1.85 bits per heavy atom. The van der Waals surface area contributed by atoms with E-state index in [0.29, 0.717) is 0 Å². The van der Waals surface area contributed by atoms with Gasteiger partial charge in [0.15, 0.2) is 0 Å². The number of halogens is 1. The number of carbonyl (C=O) groups is 1. The van der Waals surface area contributed by atoms with Crippen LogP contribution in [-0.4, -0.2) is 48.1 Å². The molecule has 2 aromatic carbocycles. The number of esters is 1. The number of aryl methyl sites for hydroxylation is 3. The van der Waals surface area contributed by atoms with Gasteiger partial charge in [0.2, 0.25) is 0 Å². The van der Waals surface area contributed by atoms with Crippen molar-refractivity contribution in [1.82, 2.24) is 14.9 Å². The van der Waals surface area contributed by atoms with Crippen LogP contribution in [0.25, 0.3) is 11.0 Å². The van der Waals surface area contributed by atoms with Crippen LogP contribution in [0.3, 0.4) is 0 Å². The van der Waals surface area contributed by atoms with E-state index in [4.69, 9.17) is 9.72 Å². The molecule has 0 spiro atoms. The molecule has 0 aliphatic carbocycles. The molecular formula is C28H38BrN3O2. The third-order valence-corrected chi connectivity index (χ3v) is 7.58. The predicted octanol–water partition coefficient (Wildman–Crippen LogP) is 6.35. The van der Waals surface area contributed by atoms with E-state index in [-0.39, 0.29) is 11.9 Å². The summed E-state index contributed by atoms with van der Waals surface area (Å²) < 4.78 is 6.28. The topological polar surface area (TPSA) is 58.2 Å². The lowest BCUT2D eigenvalue weighted by Crippen LogP contribution is -2.42. The van der Waals surface area contributed by atoms with Gasteiger partial charge in [-0.2, -0.15) is 0 Å². The fourth-order valence-electron chi connectivity index (χ4n) is 4.87. The van der Waals surface area contributed by atoms with Gasteiger partial charge in [-0.3, -0.25) is 4.79 Å². The Hall–Kier alpha value is -2.18. The molecule has 3 aromatic rings. The largest absolute Gasteiger partial charge is 0.468 e. The van der Waals surface area contributed by atoms with Gasteiger partial charge in [0, 0.05) is 10.9 Å². The Morgan fingerprint density at radius 3 is 2.53 bits per heavy atom. The fraction of sp³-hybridized carbons (Fsp3) is 0.500. The van der Waals surface area contributed by atoms with Gasteiger partial charge in [-0.15, -0.1) is 0 Å². The minimum atomic E-state index is -0.649. The van der Waals surface area contributed by atoms with E-state index < -0.39 is 5.41 Å². The van der Waals surface area contributed by atoms with Crippen molar-refractivity contribution < 1.29 is 9.53 Å². The first-order valence-corrected chi connectivity index (χ1v) is 13.0. The van der Waals surface area contributed by atoms with E-state index in [1.807, 2.05) is 18.2 Å². The van der Waals surface area contributed by atoms with Gasteiger partial charge in [-0.25, -0.2) is 4.98 Å². The Labute approximate surface area is 212 Å². The van der Waals surface area contributed by atoms with E-state index in [9.17, 15) is 4.79 Å². The number of hydrogen-bond donors (Lipinski definition) is 1. The van der Waals surface area contributed by atoms with Crippen molar-refractivity contribution in [1.29, 1.82) is 0 Å². The summed E-state index contributed by atoms with van der Waals surface area (Å²) in [5.41, 5.74) is 5.09. The van der Waals surface area contributed by atoms with Crippen LogP contribution < -0.4 is 0 Å². The normalized spacial score (nSPS) is 13.6. The highest BCUT2D eigenvalue weighted by molar-refractivity contribution is 9.10. The maximum atomic E-state index is 13.0. The maximum Gasteiger partial charge on any atom is 0.316 e. The SMILES string of the molecule is COC(=O)C(CCCN(C)CCCc1nc2cc(C)c(C)cc2[nH]1)(c1cccc(Br)c1)C(C)C. The lowest BCUT2D eigenvalue weighted by Gasteiger charge is -2.36. The Morgan fingerprint density at radius 1 is 1.15 bits per heavy atom. The Kier molecular flexibility index (Phi) is 8.94. The summed E-state index contributed by atoms with van der Waals surface area (Å²) in [5, 5.41) is 0. The van der Waals surface area contributed by atoms with Crippen molar-refractivity contribution in [3.63, 3.8) is 0 Å². The molecule has 0 saturated heterocycles. The summed E-state index contributed by atoms with van der Waals surface area (Å²) in [5.74, 6) is 1.02. The van der Waals surface area contributed by atoms with Crippen LogP contribution in [0.4, 0.5) is 0 Å². The maximum absolute atomic E-state index is 13.0. The molecule has 0 saturated carbocycles. The Balaban J connectivity index is 1.57. The first-order valence-electron chi connectivity index (χ1n) is 12.2. The number of hydrogen-bond acceptors (Lipinski definition) is 4. The number of rotatable bonds is 11. The fourth-order valence-corrected chi connectivity index (χ4v) is 5.27. The highest BCUT2D eigenvalue weighted by Crippen LogP contribution is 2.39. The van der Waals surface area contributed by atoms with Crippen molar-refractivity contribution in [2.75, 3.05) is 27.2 Å². The molecule has 0 radical (unpaired) electrons. The lowest BCUT2D eigenvalue weighted by atomic mass is 9.68. The van der Waals surface area contributed by atoms with Gasteiger partial charge in [-0.05, 0) is 100 Å². The smallest absolute Gasteiger partial charge is 0.316 e. The zero-order valence-corrected chi connectivity index (χ0v) is 23.0. The number of aromatic nitrogens is 2. The zero-order valence-electron chi connectivity index (χ0n) is 21.4. The highest BCUT2D eigenvalue weighted by atomic mass is 79.9. The van der Waals surface area contributed by atoms with Crippen molar-refractivity contribution in [2.24, 2.45) is 5.92 Å². The molecule has 0 fully saturated rings. The Bertz CT molecular complexity index is 1090. The lowest BCUT2D eigenvalue weighted by molar-refractivity contribution is -0.150. The van der Waals surface area contributed by atoms with Gasteiger partial charge >= 0.3 is 5.97 Å². The molecule has 1 unspecified atom stereocenters. The molecule has 0 amide bonds. The molecule has 1 N–H and O–H groups in total. The van der Waals surface area contributed by atoms with Crippen LogP contribution in [0.15, 0.2) is 40.9 Å². The molecular weight excluding hydrogens is 490 g/mol. The first kappa shape index (κ1) is 26.4. The average molecular weight is 529 g/mol. The second-order valence-electron chi connectivity index (χ2n) is 9.78. The van der Waals surface area contributed by atoms with Crippen LogP contribution in [0.5, 0.6) is 0 Å². The van der Waals surface area contributed by atoms with Gasteiger partial charge in [0.25, 0.3) is 0 Å². The van der Waals surface area contributed by atoms with Crippen LogP contribution in [-0.2, 0) is 21.4 Å². The molecule has 1 heterocycles. The van der Waals surface area contributed by atoms with Crippen molar-refractivity contribution in [2.45, 2.75) is 58.8 Å². The van der Waals surface area contributed by atoms with Crippen molar-refractivity contribution >= 4 is 32.9 Å². The van der Waals surface area contributed by atoms with Crippen LogP contribution in [0.2, 0.25) is 0 Å². The molecule has 0 aliphatic rings. The van der Waals surface area contributed by atoms with E-state index in [2.05, 4.69) is 78.8 Å². The number of ether oxygens (including phenoxy) is 1. The van der Waals surface area contributed by atoms with Crippen LogP contribution in [0.1, 0.15) is 55.6 Å². The molecule has 5 nitrogen and oxygen atoms in total. The minimum Gasteiger partial charge on any atom is -0.468 e. The van der Waals surface area contributed by atoms with Gasteiger partial charge < -0.3 is 14.6 Å². The third-order valence-electron chi connectivity index (χ3n) is 7.09. The predicted molar refractivity (Wildman–Crippen MR) is 143 cm³/mol. The third kappa shape index (κ3) is 5.89. The van der Waals surface area contributed by atoms with Crippen LogP contribution >= 0.6 is 15.9 Å². The van der Waals surface area contributed by atoms with E-state index >= 15 is 0 Å². The quantitative estimate of drug-likeness (QED) is 0.295.